The van der Waals surface area contributed by atoms with Crippen LogP contribution in [0, 0.1) is 23.2 Å². The van der Waals surface area contributed by atoms with Crippen molar-refractivity contribution in [2.75, 3.05) is 32.7 Å². The van der Waals surface area contributed by atoms with Gasteiger partial charge >= 0.3 is 6.18 Å². The summed E-state index contributed by atoms with van der Waals surface area (Å²) < 4.78 is 67.6. The van der Waals surface area contributed by atoms with Crippen LogP contribution in [-0.2, 0) is 26.0 Å². The fraction of sp³-hybridized carbons (Fsp3) is 0.625. The van der Waals surface area contributed by atoms with Gasteiger partial charge in [-0.2, -0.15) is 35.5 Å². The number of carbonyl (C=O) groups is 2. The summed E-state index contributed by atoms with van der Waals surface area (Å²) in [6.07, 6.45) is -2.48. The number of nitrogens with zero attached hydrogens (tertiary/aromatic N) is 4. The van der Waals surface area contributed by atoms with Crippen molar-refractivity contribution < 1.29 is 31.2 Å². The van der Waals surface area contributed by atoms with Crippen LogP contribution in [0.25, 0.3) is 0 Å². The zero-order valence-electron chi connectivity index (χ0n) is 20.4. The van der Waals surface area contributed by atoms with E-state index in [1.54, 1.807) is 6.92 Å². The van der Waals surface area contributed by atoms with E-state index < -0.39 is 45.9 Å². The number of amides is 2. The largest absolute Gasteiger partial charge is 0.416 e. The Balaban J connectivity index is 1.39. The molecule has 202 valence electrons. The monoisotopic (exact) mass is 541 g/mol. The molecule has 3 heterocycles. The average molecular weight is 542 g/mol. The van der Waals surface area contributed by atoms with Crippen LogP contribution in [0.1, 0.15) is 49.8 Å². The third kappa shape index (κ3) is 5.76. The SMILES string of the molecule is C[C@@H](NC(=O)C1CCCN1C(=O)[C@H]1CCCN(S(=O)(=O)N2CC(C#N)C2)C1)c1cccc(C(F)(F)F)c1. The number of piperidine rings is 1. The maximum atomic E-state index is 13.4. The Bertz CT molecular complexity index is 1180. The number of nitrogens with one attached hydrogen (secondary N) is 1. The van der Waals surface area contributed by atoms with Crippen molar-refractivity contribution in [2.24, 2.45) is 11.8 Å². The number of likely N-dealkylation sites (tertiary alicyclic amines) is 1. The molecule has 37 heavy (non-hydrogen) atoms. The van der Waals surface area contributed by atoms with E-state index in [4.69, 9.17) is 5.26 Å². The Morgan fingerprint density at radius 2 is 1.81 bits per heavy atom. The van der Waals surface area contributed by atoms with Gasteiger partial charge < -0.3 is 10.2 Å². The van der Waals surface area contributed by atoms with Crippen molar-refractivity contribution in [1.82, 2.24) is 18.8 Å². The van der Waals surface area contributed by atoms with Crippen LogP contribution in [0.5, 0.6) is 0 Å². The third-order valence-corrected chi connectivity index (χ3v) is 9.26. The first-order valence-corrected chi connectivity index (χ1v) is 13.7. The Hall–Kier alpha value is -2.69. The molecule has 9 nitrogen and oxygen atoms in total. The third-order valence-electron chi connectivity index (χ3n) is 7.33. The van der Waals surface area contributed by atoms with E-state index in [2.05, 4.69) is 5.32 Å². The highest BCUT2D eigenvalue weighted by Crippen LogP contribution is 2.32. The summed E-state index contributed by atoms with van der Waals surface area (Å²) in [6, 6.07) is 5.34. The Labute approximate surface area is 214 Å². The van der Waals surface area contributed by atoms with E-state index in [1.807, 2.05) is 6.07 Å². The maximum absolute atomic E-state index is 13.4. The lowest BCUT2D eigenvalue weighted by molar-refractivity contribution is -0.142. The number of hydrogen-bond acceptors (Lipinski definition) is 5. The number of benzene rings is 1. The van der Waals surface area contributed by atoms with Gasteiger partial charge in [-0.1, -0.05) is 12.1 Å². The van der Waals surface area contributed by atoms with Crippen molar-refractivity contribution in [1.29, 1.82) is 5.26 Å². The molecular formula is C24H30F3N5O4S. The highest BCUT2D eigenvalue weighted by molar-refractivity contribution is 7.86. The molecule has 0 saturated carbocycles. The first-order valence-electron chi connectivity index (χ1n) is 12.3. The summed E-state index contributed by atoms with van der Waals surface area (Å²) in [5, 5.41) is 11.7. The van der Waals surface area contributed by atoms with Gasteiger partial charge in [0.15, 0.2) is 0 Å². The summed E-state index contributed by atoms with van der Waals surface area (Å²) in [7, 11) is -3.76. The number of alkyl halides is 3. The molecular weight excluding hydrogens is 511 g/mol. The van der Waals surface area contributed by atoms with Crippen LogP contribution < -0.4 is 5.32 Å². The van der Waals surface area contributed by atoms with E-state index in [-0.39, 0.29) is 38.0 Å². The summed E-state index contributed by atoms with van der Waals surface area (Å²) in [6.45, 7) is 2.54. The number of rotatable bonds is 6. The molecule has 2 amide bonds. The lowest BCUT2D eigenvalue weighted by Gasteiger charge is -2.41. The van der Waals surface area contributed by atoms with Gasteiger partial charge in [0.05, 0.1) is 29.5 Å². The van der Waals surface area contributed by atoms with Crippen LogP contribution in [0.2, 0.25) is 0 Å². The van der Waals surface area contributed by atoms with Crippen LogP contribution in [0.15, 0.2) is 24.3 Å². The normalized spacial score (nSPS) is 24.8. The van der Waals surface area contributed by atoms with Crippen molar-refractivity contribution in [3.63, 3.8) is 0 Å². The van der Waals surface area contributed by atoms with Crippen LogP contribution >= 0.6 is 0 Å². The van der Waals surface area contributed by atoms with Gasteiger partial charge in [-0.15, -0.1) is 0 Å². The molecule has 3 aliphatic heterocycles. The van der Waals surface area contributed by atoms with E-state index >= 15 is 0 Å². The van der Waals surface area contributed by atoms with Gasteiger partial charge in [0, 0.05) is 32.7 Å². The lowest BCUT2D eigenvalue weighted by atomic mass is 9.97. The molecule has 3 saturated heterocycles. The van der Waals surface area contributed by atoms with Gasteiger partial charge in [0.25, 0.3) is 10.2 Å². The minimum absolute atomic E-state index is 0.0142. The van der Waals surface area contributed by atoms with Gasteiger partial charge in [-0.3, -0.25) is 9.59 Å². The predicted octanol–water partition coefficient (Wildman–Crippen LogP) is 2.29. The smallest absolute Gasteiger partial charge is 0.348 e. The first-order chi connectivity index (χ1) is 17.4. The van der Waals surface area contributed by atoms with Crippen molar-refractivity contribution in [3.05, 3.63) is 35.4 Å². The Morgan fingerprint density at radius 1 is 1.11 bits per heavy atom. The van der Waals surface area contributed by atoms with Gasteiger partial charge in [0.1, 0.15) is 6.04 Å². The number of halogens is 3. The van der Waals surface area contributed by atoms with Gasteiger partial charge in [-0.25, -0.2) is 0 Å². The molecule has 4 rings (SSSR count). The van der Waals surface area contributed by atoms with Crippen LogP contribution in [0.3, 0.4) is 0 Å². The second-order valence-electron chi connectivity index (χ2n) is 9.89. The summed E-state index contributed by atoms with van der Waals surface area (Å²) in [5.41, 5.74) is -0.501. The fourth-order valence-corrected chi connectivity index (χ4v) is 6.93. The van der Waals surface area contributed by atoms with Crippen molar-refractivity contribution in [2.45, 2.75) is 50.9 Å². The molecule has 0 aliphatic carbocycles. The number of nitriles is 1. The molecule has 3 atom stereocenters. The fourth-order valence-electron chi connectivity index (χ4n) is 5.14. The molecule has 3 fully saturated rings. The van der Waals surface area contributed by atoms with Crippen LogP contribution in [0.4, 0.5) is 13.2 Å². The molecule has 0 radical (unpaired) electrons. The standard InChI is InChI=1S/C24H30F3N5O4S/c1-16(18-5-2-7-20(11-18)24(25,26)27)29-22(33)21-8-4-10-32(21)23(34)19-6-3-9-30(15-19)37(35,36)31-13-17(12-28)14-31/h2,5,7,11,16-17,19,21H,3-4,6,8-10,13-15H2,1H3,(H,29,33)/t16-,19+,21?/m1/s1. The molecule has 0 bridgehead atoms. The molecule has 1 unspecified atom stereocenters. The first kappa shape index (κ1) is 27.3. The lowest BCUT2D eigenvalue weighted by Crippen LogP contribution is -2.57. The zero-order chi connectivity index (χ0) is 27.0. The molecule has 0 aromatic heterocycles. The molecule has 1 aromatic carbocycles. The molecule has 1 aromatic rings. The predicted molar refractivity (Wildman–Crippen MR) is 127 cm³/mol. The van der Waals surface area contributed by atoms with Gasteiger partial charge in [0.2, 0.25) is 11.8 Å². The molecule has 0 spiro atoms. The highest BCUT2D eigenvalue weighted by atomic mass is 32.2. The quantitative estimate of drug-likeness (QED) is 0.594. The number of carbonyl (C=O) groups excluding carboxylic acids is 2. The van der Waals surface area contributed by atoms with Gasteiger partial charge in [-0.05, 0) is 50.3 Å². The minimum Gasteiger partial charge on any atom is -0.348 e. The summed E-state index contributed by atoms with van der Waals surface area (Å²) >= 11 is 0. The van der Waals surface area contributed by atoms with E-state index in [0.717, 1.165) is 12.1 Å². The van der Waals surface area contributed by atoms with Crippen LogP contribution in [-0.4, -0.2) is 72.5 Å². The maximum Gasteiger partial charge on any atom is 0.416 e. The summed E-state index contributed by atoms with van der Waals surface area (Å²) in [5.74, 6) is -1.65. The van der Waals surface area contributed by atoms with E-state index in [9.17, 15) is 31.2 Å². The number of hydrogen-bond donors (Lipinski definition) is 1. The average Bonchev–Trinajstić information content (AvgIpc) is 3.32. The zero-order valence-corrected chi connectivity index (χ0v) is 21.3. The summed E-state index contributed by atoms with van der Waals surface area (Å²) in [4.78, 5) is 27.9. The molecule has 13 heteroatoms. The Kier molecular flexibility index (Phi) is 7.83. The minimum atomic E-state index is -4.50. The second kappa shape index (κ2) is 10.6. The Morgan fingerprint density at radius 3 is 2.49 bits per heavy atom. The van der Waals surface area contributed by atoms with Crippen molar-refractivity contribution >= 4 is 22.0 Å². The molecule has 3 aliphatic rings. The van der Waals surface area contributed by atoms with E-state index in [0.29, 0.717) is 37.8 Å². The molecule has 1 N–H and O–H groups in total. The van der Waals surface area contributed by atoms with E-state index in [1.165, 1.54) is 25.6 Å². The highest BCUT2D eigenvalue weighted by Gasteiger charge is 2.44. The topological polar surface area (TPSA) is 114 Å². The second-order valence-corrected chi connectivity index (χ2v) is 11.8. The van der Waals surface area contributed by atoms with Crippen molar-refractivity contribution in [3.8, 4) is 6.07 Å².